The zero-order valence-corrected chi connectivity index (χ0v) is 18.3. The summed E-state index contributed by atoms with van der Waals surface area (Å²) in [5, 5.41) is 11.4. The molecule has 0 aliphatic rings. The SMILES string of the molecule is Cc1nc(COc2ccc(NC(=O)c3cn(-c4ccccc4)nc3-c3cccnc3)cc2)no1. The van der Waals surface area contributed by atoms with Gasteiger partial charge in [0.25, 0.3) is 5.91 Å². The van der Waals surface area contributed by atoms with E-state index in [-0.39, 0.29) is 12.5 Å². The van der Waals surface area contributed by atoms with Crippen LogP contribution in [-0.2, 0) is 6.61 Å². The first-order valence-corrected chi connectivity index (χ1v) is 10.5. The number of para-hydroxylation sites is 1. The van der Waals surface area contributed by atoms with Crippen molar-refractivity contribution in [2.45, 2.75) is 13.5 Å². The molecule has 0 atom stereocenters. The van der Waals surface area contributed by atoms with Gasteiger partial charge in [0.15, 0.2) is 6.61 Å². The Labute approximate surface area is 195 Å². The number of aryl methyl sites for hydroxylation is 1. The summed E-state index contributed by atoms with van der Waals surface area (Å²) < 4.78 is 12.3. The minimum absolute atomic E-state index is 0.191. The molecule has 0 saturated carbocycles. The number of nitrogens with zero attached hydrogens (tertiary/aromatic N) is 5. The van der Waals surface area contributed by atoms with Crippen molar-refractivity contribution in [3.05, 3.63) is 103 Å². The van der Waals surface area contributed by atoms with Gasteiger partial charge in [0.1, 0.15) is 11.4 Å². The molecule has 0 saturated heterocycles. The van der Waals surface area contributed by atoms with Crippen molar-refractivity contribution in [2.24, 2.45) is 0 Å². The van der Waals surface area contributed by atoms with E-state index in [0.29, 0.717) is 34.4 Å². The van der Waals surface area contributed by atoms with Crippen LogP contribution in [0.15, 0.2) is 89.8 Å². The van der Waals surface area contributed by atoms with E-state index in [1.165, 1.54) is 0 Å². The van der Waals surface area contributed by atoms with E-state index in [1.54, 1.807) is 54.5 Å². The van der Waals surface area contributed by atoms with Crippen LogP contribution in [0.1, 0.15) is 22.1 Å². The minimum atomic E-state index is -0.281. The van der Waals surface area contributed by atoms with Crippen molar-refractivity contribution in [3.8, 4) is 22.7 Å². The highest BCUT2D eigenvalue weighted by Crippen LogP contribution is 2.25. The fourth-order valence-electron chi connectivity index (χ4n) is 3.35. The van der Waals surface area contributed by atoms with Crippen molar-refractivity contribution in [2.75, 3.05) is 5.32 Å². The molecular weight excluding hydrogens is 432 g/mol. The second kappa shape index (κ2) is 9.37. The summed E-state index contributed by atoms with van der Waals surface area (Å²) in [6.07, 6.45) is 5.09. The second-order valence-electron chi connectivity index (χ2n) is 7.41. The van der Waals surface area contributed by atoms with E-state index in [1.807, 2.05) is 42.5 Å². The van der Waals surface area contributed by atoms with Gasteiger partial charge in [-0.15, -0.1) is 0 Å². The van der Waals surface area contributed by atoms with E-state index in [2.05, 4.69) is 25.5 Å². The molecule has 0 spiro atoms. The van der Waals surface area contributed by atoms with E-state index < -0.39 is 0 Å². The number of carbonyl (C=O) groups is 1. The molecule has 0 radical (unpaired) electrons. The molecular formula is C25H20N6O3. The number of hydrogen-bond donors (Lipinski definition) is 1. The summed E-state index contributed by atoms with van der Waals surface area (Å²) in [4.78, 5) is 21.5. The molecule has 0 fully saturated rings. The zero-order valence-electron chi connectivity index (χ0n) is 18.3. The standard InChI is InChI=1S/C25H20N6O3/c1-17-27-23(30-34-17)16-33-21-11-9-19(10-12-21)28-25(32)22-15-31(20-7-3-2-4-8-20)29-24(22)18-6-5-13-26-14-18/h2-15H,16H2,1H3,(H,28,32). The van der Waals surface area contributed by atoms with Crippen LogP contribution in [0.25, 0.3) is 16.9 Å². The predicted octanol–water partition coefficient (Wildman–Crippen LogP) is 4.46. The van der Waals surface area contributed by atoms with Gasteiger partial charge in [-0.25, -0.2) is 4.68 Å². The average Bonchev–Trinajstić information content (AvgIpc) is 3.51. The highest BCUT2D eigenvalue weighted by Gasteiger charge is 2.19. The van der Waals surface area contributed by atoms with Crippen LogP contribution >= 0.6 is 0 Å². The molecule has 0 aliphatic heterocycles. The van der Waals surface area contributed by atoms with Crippen LogP contribution in [0.3, 0.4) is 0 Å². The number of pyridine rings is 1. The summed E-state index contributed by atoms with van der Waals surface area (Å²) in [6.45, 7) is 1.91. The van der Waals surface area contributed by atoms with Crippen molar-refractivity contribution < 1.29 is 14.1 Å². The van der Waals surface area contributed by atoms with Crippen LogP contribution in [0.4, 0.5) is 5.69 Å². The highest BCUT2D eigenvalue weighted by atomic mass is 16.5. The van der Waals surface area contributed by atoms with Gasteiger partial charge < -0.3 is 14.6 Å². The van der Waals surface area contributed by atoms with Crippen LogP contribution in [0.2, 0.25) is 0 Å². The first kappa shape index (κ1) is 21.1. The van der Waals surface area contributed by atoms with Crippen LogP contribution in [0, 0.1) is 6.92 Å². The molecule has 5 rings (SSSR count). The van der Waals surface area contributed by atoms with E-state index in [0.717, 1.165) is 11.3 Å². The maximum Gasteiger partial charge on any atom is 0.259 e. The fraction of sp³-hybridized carbons (Fsp3) is 0.0800. The number of nitrogens with one attached hydrogen (secondary N) is 1. The van der Waals surface area contributed by atoms with E-state index >= 15 is 0 Å². The fourth-order valence-corrected chi connectivity index (χ4v) is 3.35. The molecule has 9 nitrogen and oxygen atoms in total. The third-order valence-corrected chi connectivity index (χ3v) is 4.96. The lowest BCUT2D eigenvalue weighted by Gasteiger charge is -2.07. The number of anilines is 1. The van der Waals surface area contributed by atoms with Crippen LogP contribution in [-0.4, -0.2) is 30.8 Å². The number of benzene rings is 2. The lowest BCUT2D eigenvalue weighted by molar-refractivity contribution is 0.102. The maximum absolute atomic E-state index is 13.2. The lowest BCUT2D eigenvalue weighted by atomic mass is 10.1. The van der Waals surface area contributed by atoms with Crippen molar-refractivity contribution in [1.82, 2.24) is 24.9 Å². The Hall–Kier alpha value is -4.79. The monoisotopic (exact) mass is 452 g/mol. The zero-order chi connectivity index (χ0) is 23.3. The molecule has 3 aromatic heterocycles. The van der Waals surface area contributed by atoms with Crippen LogP contribution in [0.5, 0.6) is 5.75 Å². The molecule has 0 aliphatic carbocycles. The third kappa shape index (κ3) is 4.68. The second-order valence-corrected chi connectivity index (χ2v) is 7.41. The van der Waals surface area contributed by atoms with Crippen molar-refractivity contribution >= 4 is 11.6 Å². The molecule has 9 heteroatoms. The number of ether oxygens (including phenoxy) is 1. The van der Waals surface area contributed by atoms with Gasteiger partial charge in [-0.05, 0) is 48.5 Å². The number of carbonyl (C=O) groups excluding carboxylic acids is 1. The quantitative estimate of drug-likeness (QED) is 0.388. The third-order valence-electron chi connectivity index (χ3n) is 4.96. The highest BCUT2D eigenvalue weighted by molar-refractivity contribution is 6.08. The smallest absolute Gasteiger partial charge is 0.259 e. The van der Waals surface area contributed by atoms with Gasteiger partial charge in [-0.1, -0.05) is 23.4 Å². The molecule has 168 valence electrons. The largest absolute Gasteiger partial charge is 0.485 e. The Balaban J connectivity index is 1.35. The Morgan fingerprint density at radius 1 is 1.06 bits per heavy atom. The van der Waals surface area contributed by atoms with Gasteiger partial charge in [-0.2, -0.15) is 10.1 Å². The molecule has 0 bridgehead atoms. The van der Waals surface area contributed by atoms with E-state index in [9.17, 15) is 4.79 Å². The molecule has 1 N–H and O–H groups in total. The Kier molecular flexibility index (Phi) is 5.81. The molecule has 34 heavy (non-hydrogen) atoms. The Morgan fingerprint density at radius 2 is 1.88 bits per heavy atom. The summed E-state index contributed by atoms with van der Waals surface area (Å²) in [5.74, 6) is 1.29. The van der Waals surface area contributed by atoms with Crippen molar-refractivity contribution in [1.29, 1.82) is 0 Å². The summed E-state index contributed by atoms with van der Waals surface area (Å²) >= 11 is 0. The molecule has 1 amide bonds. The molecule has 0 unspecified atom stereocenters. The lowest BCUT2D eigenvalue weighted by Crippen LogP contribution is -2.12. The van der Waals surface area contributed by atoms with E-state index in [4.69, 9.17) is 9.26 Å². The number of hydrogen-bond acceptors (Lipinski definition) is 7. The van der Waals surface area contributed by atoms with Crippen molar-refractivity contribution in [3.63, 3.8) is 0 Å². The predicted molar refractivity (Wildman–Crippen MR) is 125 cm³/mol. The maximum atomic E-state index is 13.2. The number of rotatable bonds is 7. The average molecular weight is 452 g/mol. The molecule has 2 aromatic carbocycles. The summed E-state index contributed by atoms with van der Waals surface area (Å²) in [5.41, 5.74) is 3.21. The topological polar surface area (TPSA) is 108 Å². The van der Waals surface area contributed by atoms with Gasteiger partial charge in [0.05, 0.1) is 11.3 Å². The van der Waals surface area contributed by atoms with Gasteiger partial charge in [0, 0.05) is 36.8 Å². The Morgan fingerprint density at radius 3 is 2.59 bits per heavy atom. The minimum Gasteiger partial charge on any atom is -0.485 e. The molecule has 5 aromatic rings. The Bertz CT molecular complexity index is 1400. The first-order valence-electron chi connectivity index (χ1n) is 10.5. The normalized spacial score (nSPS) is 10.7. The first-order chi connectivity index (χ1) is 16.7. The molecule has 3 heterocycles. The summed E-state index contributed by atoms with van der Waals surface area (Å²) in [7, 11) is 0. The van der Waals surface area contributed by atoms with Gasteiger partial charge in [-0.3, -0.25) is 9.78 Å². The van der Waals surface area contributed by atoms with Gasteiger partial charge >= 0.3 is 0 Å². The summed E-state index contributed by atoms with van der Waals surface area (Å²) in [6, 6.07) is 20.4. The van der Waals surface area contributed by atoms with Crippen LogP contribution < -0.4 is 10.1 Å². The number of aromatic nitrogens is 5. The number of amides is 1. The van der Waals surface area contributed by atoms with Gasteiger partial charge in [0.2, 0.25) is 11.7 Å².